The van der Waals surface area contributed by atoms with Crippen molar-refractivity contribution in [3.05, 3.63) is 18.0 Å². The first-order chi connectivity index (χ1) is 7.89. The number of rotatable bonds is 2. The van der Waals surface area contributed by atoms with E-state index in [2.05, 4.69) is 43.0 Å². The van der Waals surface area contributed by atoms with Crippen molar-refractivity contribution in [3.63, 3.8) is 0 Å². The molecule has 1 fully saturated rings. The Morgan fingerprint density at radius 3 is 2.12 bits per heavy atom. The van der Waals surface area contributed by atoms with E-state index in [1.807, 2.05) is 12.4 Å². The Balaban J connectivity index is 2.08. The Bertz CT molecular complexity index is 369. The number of nitrogens with one attached hydrogen (secondary N) is 1. The fraction of sp³-hybridized carbons (Fsp3) is 0.714. The molecule has 0 spiro atoms. The average Bonchev–Trinajstić information content (AvgIpc) is 2.64. The van der Waals surface area contributed by atoms with Gasteiger partial charge >= 0.3 is 0 Å². The third kappa shape index (κ3) is 2.96. The maximum Gasteiger partial charge on any atom is 0.223 e. The lowest BCUT2D eigenvalue weighted by Gasteiger charge is -2.25. The van der Waals surface area contributed by atoms with Crippen molar-refractivity contribution < 1.29 is 0 Å². The number of aromatic nitrogens is 2. The Morgan fingerprint density at radius 1 is 1.12 bits per heavy atom. The quantitative estimate of drug-likeness (QED) is 0.849. The van der Waals surface area contributed by atoms with E-state index in [-0.39, 0.29) is 11.0 Å². The van der Waals surface area contributed by atoms with Gasteiger partial charge in [-0.25, -0.2) is 9.97 Å². The first-order valence-electron chi connectivity index (χ1n) is 6.50. The number of hydrogen-bond donors (Lipinski definition) is 1. The second-order valence-corrected chi connectivity index (χ2v) is 6.44. The molecular formula is C14H23N3. The van der Waals surface area contributed by atoms with Gasteiger partial charge in [0.1, 0.15) is 0 Å². The van der Waals surface area contributed by atoms with Crippen molar-refractivity contribution in [1.29, 1.82) is 0 Å². The van der Waals surface area contributed by atoms with E-state index in [9.17, 15) is 0 Å². The van der Waals surface area contributed by atoms with Crippen LogP contribution in [0.2, 0.25) is 0 Å². The zero-order valence-corrected chi connectivity index (χ0v) is 11.4. The largest absolute Gasteiger partial charge is 0.349 e. The van der Waals surface area contributed by atoms with Crippen LogP contribution in [-0.2, 0) is 5.41 Å². The normalized spacial score (nSPS) is 19.3. The number of hydrogen-bond acceptors (Lipinski definition) is 3. The van der Waals surface area contributed by atoms with Gasteiger partial charge in [0, 0.05) is 17.9 Å². The van der Waals surface area contributed by atoms with Crippen LogP contribution in [0.5, 0.6) is 0 Å². The Hall–Kier alpha value is -1.12. The zero-order chi connectivity index (χ0) is 12.5. The molecule has 0 bridgehead atoms. The van der Waals surface area contributed by atoms with Gasteiger partial charge in [0.05, 0.1) is 0 Å². The Kier molecular flexibility index (Phi) is 3.11. The zero-order valence-electron chi connectivity index (χ0n) is 11.4. The fourth-order valence-electron chi connectivity index (χ4n) is 2.33. The molecule has 0 unspecified atom stereocenters. The van der Waals surface area contributed by atoms with Crippen LogP contribution in [0.15, 0.2) is 12.4 Å². The predicted molar refractivity (Wildman–Crippen MR) is 71.2 cm³/mol. The summed E-state index contributed by atoms with van der Waals surface area (Å²) in [6, 6.07) is 0. The minimum atomic E-state index is 0.121. The Labute approximate surface area is 104 Å². The molecule has 3 nitrogen and oxygen atoms in total. The maximum atomic E-state index is 4.43. The van der Waals surface area contributed by atoms with Crippen LogP contribution < -0.4 is 5.32 Å². The molecular weight excluding hydrogens is 210 g/mol. The van der Waals surface area contributed by atoms with E-state index in [0.717, 1.165) is 5.95 Å². The molecule has 2 rings (SSSR count). The summed E-state index contributed by atoms with van der Waals surface area (Å²) < 4.78 is 0. The predicted octanol–water partition coefficient (Wildman–Crippen LogP) is 3.52. The van der Waals surface area contributed by atoms with E-state index >= 15 is 0 Å². The third-order valence-corrected chi connectivity index (χ3v) is 3.64. The highest BCUT2D eigenvalue weighted by Gasteiger charge is 2.29. The summed E-state index contributed by atoms with van der Waals surface area (Å²) in [5.41, 5.74) is 1.50. The van der Waals surface area contributed by atoms with Crippen LogP contribution in [-0.4, -0.2) is 15.5 Å². The molecule has 1 aliphatic carbocycles. The van der Waals surface area contributed by atoms with E-state index in [1.165, 1.54) is 31.2 Å². The molecule has 3 heteroatoms. The highest BCUT2D eigenvalue weighted by Crippen LogP contribution is 2.31. The summed E-state index contributed by atoms with van der Waals surface area (Å²) in [4.78, 5) is 8.86. The first-order valence-corrected chi connectivity index (χ1v) is 6.50. The molecule has 0 amide bonds. The molecule has 1 aromatic heterocycles. The number of anilines is 1. The van der Waals surface area contributed by atoms with Gasteiger partial charge < -0.3 is 5.32 Å². The van der Waals surface area contributed by atoms with Crippen molar-refractivity contribution in [3.8, 4) is 0 Å². The summed E-state index contributed by atoms with van der Waals surface area (Å²) in [7, 11) is 0. The first kappa shape index (κ1) is 12.3. The molecule has 0 atom stereocenters. The fourth-order valence-corrected chi connectivity index (χ4v) is 2.33. The number of nitrogens with zero attached hydrogens (tertiary/aromatic N) is 2. The van der Waals surface area contributed by atoms with E-state index in [1.54, 1.807) is 0 Å². The second kappa shape index (κ2) is 4.28. The van der Waals surface area contributed by atoms with Gasteiger partial charge in [0.25, 0.3) is 0 Å². The molecule has 1 heterocycles. The standard InChI is InChI=1S/C14H23N3/c1-13(2,3)11-9-15-12(16-10-11)17-14(4)7-5-6-8-14/h9-10H,5-8H2,1-4H3,(H,15,16,17). The molecule has 1 aliphatic rings. The summed E-state index contributed by atoms with van der Waals surface area (Å²) in [6.45, 7) is 8.80. The summed E-state index contributed by atoms with van der Waals surface area (Å²) >= 11 is 0. The van der Waals surface area contributed by atoms with Crippen molar-refractivity contribution in [2.24, 2.45) is 0 Å². The van der Waals surface area contributed by atoms with Gasteiger partial charge in [-0.1, -0.05) is 33.6 Å². The molecule has 0 saturated heterocycles. The van der Waals surface area contributed by atoms with Crippen molar-refractivity contribution in [2.75, 3.05) is 5.32 Å². The molecule has 17 heavy (non-hydrogen) atoms. The second-order valence-electron chi connectivity index (χ2n) is 6.44. The van der Waals surface area contributed by atoms with Gasteiger partial charge in [0.2, 0.25) is 5.95 Å². The SMILES string of the molecule is CC1(Nc2ncc(C(C)(C)C)cn2)CCCC1. The molecule has 0 aromatic carbocycles. The van der Waals surface area contributed by atoms with Gasteiger partial charge in [0.15, 0.2) is 0 Å². The molecule has 0 aliphatic heterocycles. The molecule has 1 N–H and O–H groups in total. The van der Waals surface area contributed by atoms with Crippen LogP contribution in [0.1, 0.15) is 58.9 Å². The minimum Gasteiger partial charge on any atom is -0.349 e. The molecule has 94 valence electrons. The van der Waals surface area contributed by atoms with E-state index < -0.39 is 0 Å². The van der Waals surface area contributed by atoms with Gasteiger partial charge in [-0.2, -0.15) is 0 Å². The molecule has 0 radical (unpaired) electrons. The molecule has 1 aromatic rings. The van der Waals surface area contributed by atoms with Crippen molar-refractivity contribution in [1.82, 2.24) is 9.97 Å². The van der Waals surface area contributed by atoms with E-state index in [4.69, 9.17) is 0 Å². The lowest BCUT2D eigenvalue weighted by Crippen LogP contribution is -2.31. The summed E-state index contributed by atoms with van der Waals surface area (Å²) in [6.07, 6.45) is 8.93. The summed E-state index contributed by atoms with van der Waals surface area (Å²) in [5.74, 6) is 0.766. The lowest BCUT2D eigenvalue weighted by atomic mass is 9.89. The average molecular weight is 233 g/mol. The van der Waals surface area contributed by atoms with Gasteiger partial charge in [-0.15, -0.1) is 0 Å². The van der Waals surface area contributed by atoms with E-state index in [0.29, 0.717) is 0 Å². The van der Waals surface area contributed by atoms with Crippen LogP contribution in [0.25, 0.3) is 0 Å². The minimum absolute atomic E-state index is 0.121. The van der Waals surface area contributed by atoms with Crippen molar-refractivity contribution >= 4 is 5.95 Å². The smallest absolute Gasteiger partial charge is 0.223 e. The topological polar surface area (TPSA) is 37.8 Å². The highest BCUT2D eigenvalue weighted by molar-refractivity contribution is 5.31. The Morgan fingerprint density at radius 2 is 1.65 bits per heavy atom. The van der Waals surface area contributed by atoms with Gasteiger partial charge in [-0.3, -0.25) is 0 Å². The summed E-state index contributed by atoms with van der Waals surface area (Å²) in [5, 5.41) is 3.47. The van der Waals surface area contributed by atoms with Crippen LogP contribution in [0, 0.1) is 0 Å². The molecule has 1 saturated carbocycles. The van der Waals surface area contributed by atoms with Crippen LogP contribution in [0.4, 0.5) is 5.95 Å². The monoisotopic (exact) mass is 233 g/mol. The van der Waals surface area contributed by atoms with Crippen LogP contribution in [0.3, 0.4) is 0 Å². The highest BCUT2D eigenvalue weighted by atomic mass is 15.1. The van der Waals surface area contributed by atoms with Gasteiger partial charge in [-0.05, 0) is 30.7 Å². The lowest BCUT2D eigenvalue weighted by molar-refractivity contribution is 0.527. The third-order valence-electron chi connectivity index (χ3n) is 3.64. The van der Waals surface area contributed by atoms with Crippen molar-refractivity contribution in [2.45, 2.75) is 64.3 Å². The maximum absolute atomic E-state index is 4.43. The van der Waals surface area contributed by atoms with Crippen LogP contribution >= 0.6 is 0 Å².